The minimum atomic E-state index is -3.18. The predicted molar refractivity (Wildman–Crippen MR) is 76.4 cm³/mol. The third kappa shape index (κ3) is 3.84. The second-order valence-corrected chi connectivity index (χ2v) is 7.19. The molecule has 1 saturated heterocycles. The van der Waals surface area contributed by atoms with Crippen molar-refractivity contribution in [2.45, 2.75) is 18.4 Å². The smallest absolute Gasteiger partial charge is 0.287 e. The maximum absolute atomic E-state index is 11.9. The topological polar surface area (TPSA) is 88.8 Å². The summed E-state index contributed by atoms with van der Waals surface area (Å²) >= 11 is 0. The number of carbonyl (C=O) groups excluding carboxylic acids is 1. The molecule has 2 rings (SSSR count). The lowest BCUT2D eigenvalue weighted by Crippen LogP contribution is -2.52. The summed E-state index contributed by atoms with van der Waals surface area (Å²) in [6, 6.07) is 3.23. The first-order chi connectivity index (χ1) is 9.86. The molecule has 0 saturated carbocycles. The highest BCUT2D eigenvalue weighted by molar-refractivity contribution is 7.88. The average molecular weight is 316 g/mol. The Kier molecular flexibility index (Phi) is 4.70. The van der Waals surface area contributed by atoms with Gasteiger partial charge in [0.05, 0.1) is 18.1 Å². The van der Waals surface area contributed by atoms with E-state index in [-0.39, 0.29) is 11.7 Å². The summed E-state index contributed by atoms with van der Waals surface area (Å²) < 4.78 is 35.0. The zero-order valence-corrected chi connectivity index (χ0v) is 13.0. The summed E-state index contributed by atoms with van der Waals surface area (Å²) in [5.41, 5.74) is -0.538. The van der Waals surface area contributed by atoms with Crippen LogP contribution in [-0.4, -0.2) is 57.2 Å². The molecule has 1 aromatic heterocycles. The van der Waals surface area contributed by atoms with Gasteiger partial charge in [-0.15, -0.1) is 0 Å². The first-order valence-corrected chi connectivity index (χ1v) is 8.53. The Morgan fingerprint density at radius 2 is 2.14 bits per heavy atom. The van der Waals surface area contributed by atoms with Crippen molar-refractivity contribution in [3.8, 4) is 0 Å². The van der Waals surface area contributed by atoms with E-state index >= 15 is 0 Å². The van der Waals surface area contributed by atoms with Gasteiger partial charge in [0.15, 0.2) is 5.76 Å². The molecule has 0 aromatic carbocycles. The van der Waals surface area contributed by atoms with E-state index in [1.54, 1.807) is 19.2 Å². The Bertz CT molecular complexity index is 574. The van der Waals surface area contributed by atoms with Crippen LogP contribution in [-0.2, 0) is 14.8 Å². The molecule has 118 valence electrons. The molecule has 2 heterocycles. The first-order valence-electron chi connectivity index (χ1n) is 6.68. The van der Waals surface area contributed by atoms with Crippen molar-refractivity contribution >= 4 is 15.9 Å². The molecule has 0 spiro atoms. The quantitative estimate of drug-likeness (QED) is 0.852. The van der Waals surface area contributed by atoms with E-state index in [0.717, 1.165) is 0 Å². The second kappa shape index (κ2) is 6.17. The monoisotopic (exact) mass is 316 g/mol. The van der Waals surface area contributed by atoms with Crippen LogP contribution in [0, 0.1) is 0 Å². The van der Waals surface area contributed by atoms with Crippen molar-refractivity contribution in [3.63, 3.8) is 0 Å². The second-order valence-electron chi connectivity index (χ2n) is 5.21. The summed E-state index contributed by atoms with van der Waals surface area (Å²) in [6.45, 7) is 1.10. The minimum Gasteiger partial charge on any atom is -0.459 e. The highest BCUT2D eigenvalue weighted by Gasteiger charge is 2.37. The zero-order valence-electron chi connectivity index (χ0n) is 12.2. The number of methoxy groups -OCH3 is 1. The maximum atomic E-state index is 11.9. The molecule has 21 heavy (non-hydrogen) atoms. The van der Waals surface area contributed by atoms with Crippen molar-refractivity contribution in [2.24, 2.45) is 0 Å². The molecule has 1 aliphatic rings. The summed E-state index contributed by atoms with van der Waals surface area (Å²) in [4.78, 5) is 11.9. The normalized spacial score (nSPS) is 19.3. The van der Waals surface area contributed by atoms with Crippen molar-refractivity contribution in [2.75, 3.05) is 33.0 Å². The minimum absolute atomic E-state index is 0.245. The van der Waals surface area contributed by atoms with Crippen molar-refractivity contribution in [1.29, 1.82) is 0 Å². The Balaban J connectivity index is 1.93. The highest BCUT2D eigenvalue weighted by atomic mass is 32.2. The number of nitrogens with zero attached hydrogens (tertiary/aromatic N) is 1. The van der Waals surface area contributed by atoms with Crippen LogP contribution < -0.4 is 5.32 Å². The molecule has 1 amide bonds. The Labute approximate surface area is 124 Å². The maximum Gasteiger partial charge on any atom is 0.287 e. The number of hydrogen-bond acceptors (Lipinski definition) is 5. The lowest BCUT2D eigenvalue weighted by Gasteiger charge is -2.39. The van der Waals surface area contributed by atoms with Gasteiger partial charge in [-0.1, -0.05) is 0 Å². The van der Waals surface area contributed by atoms with Crippen molar-refractivity contribution in [1.82, 2.24) is 9.62 Å². The summed E-state index contributed by atoms with van der Waals surface area (Å²) in [7, 11) is -1.60. The first kappa shape index (κ1) is 16.0. The molecule has 0 aliphatic carbocycles. The van der Waals surface area contributed by atoms with Crippen LogP contribution in [0.3, 0.4) is 0 Å². The van der Waals surface area contributed by atoms with Crippen LogP contribution in [0.25, 0.3) is 0 Å². The number of furan rings is 1. The summed E-state index contributed by atoms with van der Waals surface area (Å²) in [5.74, 6) is -0.0585. The number of amides is 1. The van der Waals surface area contributed by atoms with E-state index in [4.69, 9.17) is 9.15 Å². The number of ether oxygens (including phenoxy) is 1. The van der Waals surface area contributed by atoms with Crippen LogP contribution in [0.4, 0.5) is 0 Å². The Hall–Kier alpha value is -1.38. The third-order valence-electron chi connectivity index (χ3n) is 3.85. The van der Waals surface area contributed by atoms with Gasteiger partial charge in [-0.25, -0.2) is 12.7 Å². The SMILES string of the molecule is COC1(CNC(=O)c2ccco2)CCN(S(C)(=O)=O)CC1. The fraction of sp³-hybridized carbons (Fsp3) is 0.615. The Morgan fingerprint density at radius 1 is 1.48 bits per heavy atom. The van der Waals surface area contributed by atoms with E-state index in [0.29, 0.717) is 32.5 Å². The van der Waals surface area contributed by atoms with Crippen LogP contribution in [0.15, 0.2) is 22.8 Å². The van der Waals surface area contributed by atoms with Gasteiger partial charge in [0.25, 0.3) is 5.91 Å². The number of carbonyl (C=O) groups is 1. The fourth-order valence-corrected chi connectivity index (χ4v) is 3.26. The number of nitrogens with one attached hydrogen (secondary N) is 1. The van der Waals surface area contributed by atoms with Gasteiger partial charge in [-0.2, -0.15) is 0 Å². The zero-order chi connectivity index (χ0) is 15.5. The average Bonchev–Trinajstić information content (AvgIpc) is 2.98. The van der Waals surface area contributed by atoms with E-state index in [1.807, 2.05) is 0 Å². The third-order valence-corrected chi connectivity index (χ3v) is 5.15. The van der Waals surface area contributed by atoms with Crippen molar-refractivity contribution in [3.05, 3.63) is 24.2 Å². The largest absolute Gasteiger partial charge is 0.459 e. The van der Waals surface area contributed by atoms with Crippen molar-refractivity contribution < 1.29 is 22.4 Å². The molecule has 1 aromatic rings. The van der Waals surface area contributed by atoms with Gasteiger partial charge in [0.2, 0.25) is 10.0 Å². The summed E-state index contributed by atoms with van der Waals surface area (Å²) in [5, 5.41) is 2.77. The predicted octanol–water partition coefficient (Wildman–Crippen LogP) is 0.450. The number of rotatable bonds is 5. The molecule has 1 fully saturated rings. The molecule has 1 aliphatic heterocycles. The van der Waals surface area contributed by atoms with Crippen LogP contribution >= 0.6 is 0 Å². The molecular formula is C13H20N2O5S. The summed E-state index contributed by atoms with van der Waals surface area (Å²) in [6.07, 6.45) is 3.71. The number of hydrogen-bond donors (Lipinski definition) is 1. The van der Waals surface area contributed by atoms with Crippen LogP contribution in [0.5, 0.6) is 0 Å². The lowest BCUT2D eigenvalue weighted by molar-refractivity contribution is -0.0425. The van der Waals surface area contributed by atoms with Crippen LogP contribution in [0.2, 0.25) is 0 Å². The van der Waals surface area contributed by atoms with Gasteiger partial charge in [-0.05, 0) is 25.0 Å². The molecule has 0 atom stereocenters. The van der Waals surface area contributed by atoms with E-state index in [2.05, 4.69) is 5.32 Å². The molecule has 0 bridgehead atoms. The van der Waals surface area contributed by atoms with Gasteiger partial charge in [-0.3, -0.25) is 4.79 Å². The van der Waals surface area contributed by atoms with Gasteiger partial charge in [0, 0.05) is 26.7 Å². The fourth-order valence-electron chi connectivity index (χ4n) is 2.41. The van der Waals surface area contributed by atoms with E-state index in [1.165, 1.54) is 16.8 Å². The Morgan fingerprint density at radius 3 is 2.62 bits per heavy atom. The molecule has 1 N–H and O–H groups in total. The van der Waals surface area contributed by atoms with Crippen LogP contribution in [0.1, 0.15) is 23.4 Å². The van der Waals surface area contributed by atoms with E-state index in [9.17, 15) is 13.2 Å². The van der Waals surface area contributed by atoms with E-state index < -0.39 is 15.6 Å². The van der Waals surface area contributed by atoms with Gasteiger partial charge < -0.3 is 14.5 Å². The molecule has 7 nitrogen and oxygen atoms in total. The number of piperidine rings is 1. The molecule has 8 heteroatoms. The highest BCUT2D eigenvalue weighted by Crippen LogP contribution is 2.26. The van der Waals surface area contributed by atoms with Gasteiger partial charge in [0.1, 0.15) is 0 Å². The molecular weight excluding hydrogens is 296 g/mol. The molecule has 0 radical (unpaired) electrons. The van der Waals surface area contributed by atoms with Gasteiger partial charge >= 0.3 is 0 Å². The standard InChI is InChI=1S/C13H20N2O5S/c1-19-13(5-7-15(8-6-13)21(2,17)18)10-14-12(16)11-4-3-9-20-11/h3-4,9H,5-8,10H2,1-2H3,(H,14,16). The lowest BCUT2D eigenvalue weighted by atomic mass is 9.92. The number of sulfonamides is 1. The molecule has 0 unspecified atom stereocenters.